The summed E-state index contributed by atoms with van der Waals surface area (Å²) in [5.74, 6) is 0. The molecule has 0 fully saturated rings. The number of halogens is 1. The molecule has 0 aliphatic heterocycles. The molecule has 0 aliphatic rings. The van der Waals surface area contributed by atoms with E-state index in [0.717, 1.165) is 44.2 Å². The predicted molar refractivity (Wildman–Crippen MR) is 73.5 cm³/mol. The van der Waals surface area contributed by atoms with Gasteiger partial charge in [0.1, 0.15) is 0 Å². The van der Waals surface area contributed by atoms with E-state index in [1.54, 1.807) is 0 Å². The van der Waals surface area contributed by atoms with Crippen molar-refractivity contribution in [2.24, 2.45) is 0 Å². The van der Waals surface area contributed by atoms with Crippen molar-refractivity contribution in [3.05, 3.63) is 34.9 Å². The quantitative estimate of drug-likeness (QED) is 0.681. The van der Waals surface area contributed by atoms with Gasteiger partial charge in [0.2, 0.25) is 0 Å². The number of nitrogens with one attached hydrogen (secondary N) is 1. The summed E-state index contributed by atoms with van der Waals surface area (Å²) < 4.78 is 5.48. The Hall–Kier alpha value is -0.570. The van der Waals surface area contributed by atoms with Crippen molar-refractivity contribution in [2.75, 3.05) is 19.8 Å². The zero-order valence-corrected chi connectivity index (χ0v) is 11.3. The lowest BCUT2D eigenvalue weighted by Crippen LogP contribution is -2.16. The van der Waals surface area contributed by atoms with E-state index < -0.39 is 0 Å². The molecule has 0 saturated carbocycles. The summed E-state index contributed by atoms with van der Waals surface area (Å²) in [5, 5.41) is 4.18. The second kappa shape index (κ2) is 9.46. The Bertz CT molecular complexity index is 287. The Kier molecular flexibility index (Phi) is 8.06. The number of hydrogen-bond donors (Lipinski definition) is 1. The zero-order chi connectivity index (χ0) is 12.3. The van der Waals surface area contributed by atoms with Crippen molar-refractivity contribution in [1.82, 2.24) is 5.32 Å². The molecule has 0 aromatic heterocycles. The molecule has 17 heavy (non-hydrogen) atoms. The molecule has 0 atom stereocenters. The van der Waals surface area contributed by atoms with Crippen LogP contribution in [-0.2, 0) is 11.3 Å². The Morgan fingerprint density at radius 3 is 2.53 bits per heavy atom. The first-order valence-electron chi connectivity index (χ1n) is 6.36. The largest absolute Gasteiger partial charge is 0.381 e. The van der Waals surface area contributed by atoms with Crippen LogP contribution in [0.2, 0.25) is 5.02 Å². The molecule has 3 heteroatoms. The van der Waals surface area contributed by atoms with Gasteiger partial charge in [0.15, 0.2) is 0 Å². The van der Waals surface area contributed by atoms with Gasteiger partial charge in [-0.2, -0.15) is 0 Å². The van der Waals surface area contributed by atoms with E-state index in [2.05, 4.69) is 12.2 Å². The maximum atomic E-state index is 5.82. The van der Waals surface area contributed by atoms with Gasteiger partial charge in [0.25, 0.3) is 0 Å². The summed E-state index contributed by atoms with van der Waals surface area (Å²) in [6, 6.07) is 7.94. The highest BCUT2D eigenvalue weighted by Crippen LogP contribution is 2.08. The fourth-order valence-corrected chi connectivity index (χ4v) is 1.61. The molecule has 0 spiro atoms. The van der Waals surface area contributed by atoms with Gasteiger partial charge in [-0.25, -0.2) is 0 Å². The van der Waals surface area contributed by atoms with Crippen LogP contribution < -0.4 is 5.32 Å². The molecule has 0 amide bonds. The van der Waals surface area contributed by atoms with Crippen LogP contribution in [0.3, 0.4) is 0 Å². The van der Waals surface area contributed by atoms with Crippen molar-refractivity contribution in [1.29, 1.82) is 0 Å². The predicted octanol–water partition coefficient (Wildman–Crippen LogP) is 3.64. The molecule has 0 unspecified atom stereocenters. The monoisotopic (exact) mass is 255 g/mol. The fourth-order valence-electron chi connectivity index (χ4n) is 1.48. The highest BCUT2D eigenvalue weighted by Gasteiger charge is 1.93. The van der Waals surface area contributed by atoms with E-state index in [9.17, 15) is 0 Å². The van der Waals surface area contributed by atoms with Crippen LogP contribution in [0.5, 0.6) is 0 Å². The lowest BCUT2D eigenvalue weighted by atomic mass is 10.2. The minimum atomic E-state index is 0.790. The third kappa shape index (κ3) is 7.37. The van der Waals surface area contributed by atoms with Gasteiger partial charge in [0, 0.05) is 24.8 Å². The molecular weight excluding hydrogens is 234 g/mol. The first-order chi connectivity index (χ1) is 8.33. The molecular formula is C14H22ClNO. The van der Waals surface area contributed by atoms with E-state index in [1.165, 1.54) is 12.0 Å². The molecule has 0 aliphatic carbocycles. The van der Waals surface area contributed by atoms with Crippen LogP contribution in [0.25, 0.3) is 0 Å². The molecule has 0 saturated heterocycles. The minimum Gasteiger partial charge on any atom is -0.381 e. The molecule has 2 nitrogen and oxygen atoms in total. The van der Waals surface area contributed by atoms with Crippen molar-refractivity contribution >= 4 is 11.6 Å². The van der Waals surface area contributed by atoms with Gasteiger partial charge in [-0.1, -0.05) is 37.1 Å². The average molecular weight is 256 g/mol. The van der Waals surface area contributed by atoms with Crippen LogP contribution in [0.15, 0.2) is 24.3 Å². The van der Waals surface area contributed by atoms with E-state index in [0.29, 0.717) is 0 Å². The third-order valence-corrected chi connectivity index (χ3v) is 2.78. The molecule has 1 rings (SSSR count). The molecule has 96 valence electrons. The van der Waals surface area contributed by atoms with Crippen LogP contribution in [-0.4, -0.2) is 19.8 Å². The smallest absolute Gasteiger partial charge is 0.0478 e. The SMILES string of the molecule is CCCCOCCCNCc1ccc(Cl)cc1. The van der Waals surface area contributed by atoms with Gasteiger partial charge >= 0.3 is 0 Å². The summed E-state index contributed by atoms with van der Waals surface area (Å²) >= 11 is 5.82. The second-order valence-corrected chi connectivity index (χ2v) is 4.56. The van der Waals surface area contributed by atoms with Crippen LogP contribution in [0.1, 0.15) is 31.7 Å². The summed E-state index contributed by atoms with van der Waals surface area (Å²) in [5.41, 5.74) is 1.27. The molecule has 1 aromatic rings. The molecule has 1 N–H and O–H groups in total. The second-order valence-electron chi connectivity index (χ2n) is 4.12. The van der Waals surface area contributed by atoms with Gasteiger partial charge < -0.3 is 10.1 Å². The van der Waals surface area contributed by atoms with Crippen molar-refractivity contribution < 1.29 is 4.74 Å². The van der Waals surface area contributed by atoms with Crippen LogP contribution in [0.4, 0.5) is 0 Å². The number of ether oxygens (including phenoxy) is 1. The van der Waals surface area contributed by atoms with Crippen molar-refractivity contribution in [3.63, 3.8) is 0 Å². The maximum absolute atomic E-state index is 5.82. The minimum absolute atomic E-state index is 0.790. The Morgan fingerprint density at radius 2 is 1.82 bits per heavy atom. The average Bonchev–Trinajstić information content (AvgIpc) is 2.35. The van der Waals surface area contributed by atoms with Gasteiger partial charge in [0.05, 0.1) is 0 Å². The third-order valence-electron chi connectivity index (χ3n) is 2.53. The zero-order valence-electron chi connectivity index (χ0n) is 10.5. The lowest BCUT2D eigenvalue weighted by molar-refractivity contribution is 0.129. The maximum Gasteiger partial charge on any atom is 0.0478 e. The standard InChI is InChI=1S/C14H22ClNO/c1-2-3-10-17-11-4-9-16-12-13-5-7-14(15)8-6-13/h5-8,16H,2-4,9-12H2,1H3. The highest BCUT2D eigenvalue weighted by molar-refractivity contribution is 6.30. The first-order valence-corrected chi connectivity index (χ1v) is 6.73. The topological polar surface area (TPSA) is 21.3 Å². The normalized spacial score (nSPS) is 10.7. The number of rotatable bonds is 9. The summed E-state index contributed by atoms with van der Waals surface area (Å²) in [6.45, 7) is 5.82. The van der Waals surface area contributed by atoms with Crippen molar-refractivity contribution in [2.45, 2.75) is 32.7 Å². The summed E-state index contributed by atoms with van der Waals surface area (Å²) in [7, 11) is 0. The number of hydrogen-bond acceptors (Lipinski definition) is 2. The lowest BCUT2D eigenvalue weighted by Gasteiger charge is -2.06. The summed E-state index contributed by atoms with van der Waals surface area (Å²) in [6.07, 6.45) is 3.43. The first kappa shape index (κ1) is 14.5. The number of unbranched alkanes of at least 4 members (excludes halogenated alkanes) is 1. The summed E-state index contributed by atoms with van der Waals surface area (Å²) in [4.78, 5) is 0. The van der Waals surface area contributed by atoms with E-state index in [-0.39, 0.29) is 0 Å². The van der Waals surface area contributed by atoms with E-state index in [1.807, 2.05) is 24.3 Å². The molecule has 0 heterocycles. The molecule has 1 aromatic carbocycles. The fraction of sp³-hybridized carbons (Fsp3) is 0.571. The van der Waals surface area contributed by atoms with Crippen LogP contribution in [0, 0.1) is 0 Å². The Morgan fingerprint density at radius 1 is 1.12 bits per heavy atom. The molecule has 0 bridgehead atoms. The van der Waals surface area contributed by atoms with E-state index >= 15 is 0 Å². The van der Waals surface area contributed by atoms with Gasteiger partial charge in [-0.05, 0) is 37.1 Å². The highest BCUT2D eigenvalue weighted by atomic mass is 35.5. The van der Waals surface area contributed by atoms with Gasteiger partial charge in [-0.15, -0.1) is 0 Å². The Balaban J connectivity index is 1.95. The Labute approximate surface area is 109 Å². The van der Waals surface area contributed by atoms with E-state index in [4.69, 9.17) is 16.3 Å². The molecule has 0 radical (unpaired) electrons. The van der Waals surface area contributed by atoms with Gasteiger partial charge in [-0.3, -0.25) is 0 Å². The van der Waals surface area contributed by atoms with Crippen LogP contribution >= 0.6 is 11.6 Å². The number of benzene rings is 1. The van der Waals surface area contributed by atoms with Crippen molar-refractivity contribution in [3.8, 4) is 0 Å².